The van der Waals surface area contributed by atoms with Crippen LogP contribution in [0.4, 0.5) is 4.79 Å². The number of primary amides is 1. The molecule has 88 valence electrons. The maximum atomic E-state index is 10.9. The second-order valence-corrected chi connectivity index (χ2v) is 3.86. The minimum atomic E-state index is -0.815. The van der Waals surface area contributed by atoms with Crippen LogP contribution in [-0.4, -0.2) is 11.1 Å². The third kappa shape index (κ3) is 2.06. The first-order valence-electron chi connectivity index (χ1n) is 5.48. The highest BCUT2D eigenvalue weighted by atomic mass is 16.5. The first-order chi connectivity index (χ1) is 8.13. The first-order valence-corrected chi connectivity index (χ1v) is 5.48. The second kappa shape index (κ2) is 4.41. The predicted octanol–water partition coefficient (Wildman–Crippen LogP) is 2.56. The van der Waals surface area contributed by atoms with Gasteiger partial charge in [0.1, 0.15) is 5.52 Å². The molecule has 0 unspecified atom stereocenters. The minimum absolute atomic E-state index is 0.449. The van der Waals surface area contributed by atoms with Gasteiger partial charge in [-0.05, 0) is 30.5 Å². The van der Waals surface area contributed by atoms with E-state index in [0.29, 0.717) is 11.3 Å². The largest absolute Gasteiger partial charge is 0.410 e. The summed E-state index contributed by atoms with van der Waals surface area (Å²) in [6.45, 7) is 3.96. The molecule has 0 radical (unpaired) electrons. The van der Waals surface area contributed by atoms with E-state index in [9.17, 15) is 4.79 Å². The Kier molecular flexibility index (Phi) is 2.95. The molecule has 4 heteroatoms. The monoisotopic (exact) mass is 230 g/mol. The lowest BCUT2D eigenvalue weighted by molar-refractivity contribution is 0.211. The number of hydrogen-bond acceptors (Lipinski definition) is 3. The smallest absolute Gasteiger partial charge is 0.408 e. The summed E-state index contributed by atoms with van der Waals surface area (Å²) in [4.78, 5) is 15.2. The van der Waals surface area contributed by atoms with Gasteiger partial charge in [0, 0.05) is 11.6 Å². The summed E-state index contributed by atoms with van der Waals surface area (Å²) in [6.07, 6.45) is 1.76. The molecule has 4 nitrogen and oxygen atoms in total. The molecule has 0 aliphatic rings. The van der Waals surface area contributed by atoms with Crippen LogP contribution in [-0.2, 0) is 6.42 Å². The summed E-state index contributed by atoms with van der Waals surface area (Å²) in [6, 6.07) is 5.83. The molecule has 2 rings (SSSR count). The average Bonchev–Trinajstić information content (AvgIpc) is 2.32. The maximum Gasteiger partial charge on any atom is 0.410 e. The van der Waals surface area contributed by atoms with Gasteiger partial charge >= 0.3 is 6.09 Å². The zero-order valence-electron chi connectivity index (χ0n) is 9.86. The van der Waals surface area contributed by atoms with E-state index in [-0.39, 0.29) is 0 Å². The summed E-state index contributed by atoms with van der Waals surface area (Å²) in [5, 5.41) is 0.997. The van der Waals surface area contributed by atoms with Crippen LogP contribution in [0.1, 0.15) is 18.1 Å². The fraction of sp³-hybridized carbons (Fsp3) is 0.231. The molecule has 0 aliphatic heterocycles. The van der Waals surface area contributed by atoms with E-state index in [4.69, 9.17) is 10.5 Å². The van der Waals surface area contributed by atoms with Gasteiger partial charge in [-0.3, -0.25) is 4.98 Å². The van der Waals surface area contributed by atoms with Gasteiger partial charge in [0.2, 0.25) is 0 Å². The lowest BCUT2D eigenvalue weighted by atomic mass is 10.0. The number of fused-ring (bicyclic) bond motifs is 1. The molecule has 17 heavy (non-hydrogen) atoms. The normalized spacial score (nSPS) is 10.5. The van der Waals surface area contributed by atoms with Crippen molar-refractivity contribution in [2.45, 2.75) is 20.3 Å². The Balaban J connectivity index is 2.75. The number of aryl methyl sites for hydroxylation is 2. The van der Waals surface area contributed by atoms with Crippen molar-refractivity contribution in [2.24, 2.45) is 5.73 Å². The van der Waals surface area contributed by atoms with E-state index >= 15 is 0 Å². The molecule has 0 saturated heterocycles. The predicted molar refractivity (Wildman–Crippen MR) is 66.1 cm³/mol. The molecule has 2 N–H and O–H groups in total. The van der Waals surface area contributed by atoms with Gasteiger partial charge in [-0.15, -0.1) is 0 Å². The van der Waals surface area contributed by atoms with Crippen LogP contribution in [0.5, 0.6) is 5.75 Å². The number of ether oxygens (including phenoxy) is 1. The number of carbonyl (C=O) groups is 1. The highest BCUT2D eigenvalue weighted by Crippen LogP contribution is 2.30. The zero-order chi connectivity index (χ0) is 12.4. The molecule has 1 aromatic heterocycles. The van der Waals surface area contributed by atoms with Crippen molar-refractivity contribution in [3.8, 4) is 5.75 Å². The van der Waals surface area contributed by atoms with E-state index in [0.717, 1.165) is 17.4 Å². The summed E-state index contributed by atoms with van der Waals surface area (Å²) < 4.78 is 5.03. The average molecular weight is 230 g/mol. The molecule has 1 heterocycles. The Hall–Kier alpha value is -2.10. The van der Waals surface area contributed by atoms with E-state index in [1.165, 1.54) is 5.56 Å². The van der Waals surface area contributed by atoms with Gasteiger partial charge < -0.3 is 10.5 Å². The minimum Gasteiger partial charge on any atom is -0.408 e. The molecule has 0 aliphatic carbocycles. The standard InChI is InChI=1S/C13H14N2O2/c1-3-9-7-8(2)12(17-13(14)16)11-10(9)5-4-6-15-11/h4-7H,3H2,1-2H3,(H2,14,16). The summed E-state index contributed by atoms with van der Waals surface area (Å²) in [5.41, 5.74) is 7.80. The Morgan fingerprint density at radius 3 is 2.94 bits per heavy atom. The summed E-state index contributed by atoms with van der Waals surface area (Å²) >= 11 is 0. The third-order valence-corrected chi connectivity index (χ3v) is 2.70. The van der Waals surface area contributed by atoms with Gasteiger partial charge in [0.25, 0.3) is 0 Å². The molecule has 1 amide bonds. The molecular formula is C13H14N2O2. The summed E-state index contributed by atoms with van der Waals surface area (Å²) in [7, 11) is 0. The van der Waals surface area contributed by atoms with Gasteiger partial charge in [-0.1, -0.05) is 19.1 Å². The quantitative estimate of drug-likeness (QED) is 0.862. The molecule has 0 bridgehead atoms. The van der Waals surface area contributed by atoms with Crippen molar-refractivity contribution in [1.82, 2.24) is 4.98 Å². The Labute approximate surface area is 99.4 Å². The highest BCUT2D eigenvalue weighted by Gasteiger charge is 2.12. The van der Waals surface area contributed by atoms with Crippen LogP contribution in [0.3, 0.4) is 0 Å². The van der Waals surface area contributed by atoms with Crippen LogP contribution >= 0.6 is 0 Å². The topological polar surface area (TPSA) is 65.2 Å². The number of aromatic nitrogens is 1. The first kappa shape index (κ1) is 11.4. The number of benzene rings is 1. The Morgan fingerprint density at radius 1 is 1.53 bits per heavy atom. The fourth-order valence-electron chi connectivity index (χ4n) is 1.96. The molecular weight excluding hydrogens is 216 g/mol. The second-order valence-electron chi connectivity index (χ2n) is 3.86. The molecule has 0 fully saturated rings. The van der Waals surface area contributed by atoms with Gasteiger partial charge in [-0.25, -0.2) is 4.79 Å². The maximum absolute atomic E-state index is 10.9. The summed E-state index contributed by atoms with van der Waals surface area (Å²) in [5.74, 6) is 0.449. The van der Waals surface area contributed by atoms with Crippen molar-refractivity contribution >= 4 is 17.0 Å². The lowest BCUT2D eigenvalue weighted by Crippen LogP contribution is -2.17. The van der Waals surface area contributed by atoms with Crippen molar-refractivity contribution in [3.63, 3.8) is 0 Å². The number of amides is 1. The van der Waals surface area contributed by atoms with Crippen LogP contribution in [0, 0.1) is 6.92 Å². The van der Waals surface area contributed by atoms with Gasteiger partial charge in [-0.2, -0.15) is 0 Å². The van der Waals surface area contributed by atoms with Crippen molar-refractivity contribution in [2.75, 3.05) is 0 Å². The molecule has 0 spiro atoms. The fourth-order valence-corrected chi connectivity index (χ4v) is 1.96. The number of rotatable bonds is 2. The van der Waals surface area contributed by atoms with Gasteiger partial charge in [0.05, 0.1) is 0 Å². The van der Waals surface area contributed by atoms with Crippen LogP contribution in [0.15, 0.2) is 24.4 Å². The number of pyridine rings is 1. The van der Waals surface area contributed by atoms with Crippen LogP contribution in [0.2, 0.25) is 0 Å². The Bertz CT molecular complexity index is 579. The SMILES string of the molecule is CCc1cc(C)c(OC(N)=O)c2ncccc12. The number of nitrogens with zero attached hydrogens (tertiary/aromatic N) is 1. The van der Waals surface area contributed by atoms with Crippen molar-refractivity contribution in [3.05, 3.63) is 35.5 Å². The van der Waals surface area contributed by atoms with Crippen LogP contribution in [0.25, 0.3) is 10.9 Å². The van der Waals surface area contributed by atoms with E-state index in [1.54, 1.807) is 6.20 Å². The number of carbonyl (C=O) groups excluding carboxylic acids is 1. The number of nitrogens with two attached hydrogens (primary N) is 1. The zero-order valence-corrected chi connectivity index (χ0v) is 9.86. The van der Waals surface area contributed by atoms with Crippen molar-refractivity contribution < 1.29 is 9.53 Å². The molecule has 0 atom stereocenters. The molecule has 0 saturated carbocycles. The highest BCUT2D eigenvalue weighted by molar-refractivity contribution is 5.90. The van der Waals surface area contributed by atoms with E-state index in [2.05, 4.69) is 11.9 Å². The lowest BCUT2D eigenvalue weighted by Gasteiger charge is -2.11. The molecule has 2 aromatic rings. The Morgan fingerprint density at radius 2 is 2.29 bits per heavy atom. The third-order valence-electron chi connectivity index (χ3n) is 2.70. The molecule has 1 aromatic carbocycles. The van der Waals surface area contributed by atoms with E-state index in [1.807, 2.05) is 25.1 Å². The van der Waals surface area contributed by atoms with Gasteiger partial charge in [0.15, 0.2) is 5.75 Å². The van der Waals surface area contributed by atoms with Crippen LogP contribution < -0.4 is 10.5 Å². The van der Waals surface area contributed by atoms with Crippen molar-refractivity contribution in [1.29, 1.82) is 0 Å². The van der Waals surface area contributed by atoms with E-state index < -0.39 is 6.09 Å². The number of hydrogen-bond donors (Lipinski definition) is 1.